The van der Waals surface area contributed by atoms with Crippen LogP contribution in [0, 0.1) is 11.3 Å². The number of nitriles is 1. The van der Waals surface area contributed by atoms with Crippen molar-refractivity contribution >= 4 is 23.4 Å². The molecular weight excluding hydrogens is 328 g/mol. The number of nitrogens with one attached hydrogen (secondary N) is 1. The molecule has 1 aromatic carbocycles. The number of carbonyl (C=O) groups is 1. The zero-order chi connectivity index (χ0) is 17.3. The SMILES string of the molecule is CCN1C(=O)COc2ccc(-c3nc(SC)[nH]c(=O)c3C#N)cc21. The number of aromatic nitrogens is 2. The first-order chi connectivity index (χ1) is 11.6. The molecule has 1 amide bonds. The smallest absolute Gasteiger partial charge is 0.270 e. The summed E-state index contributed by atoms with van der Waals surface area (Å²) in [5, 5.41) is 9.72. The molecule has 0 saturated carbocycles. The maximum atomic E-state index is 12.1. The molecule has 1 N–H and O–H groups in total. The Bertz CT molecular complexity index is 917. The Hall–Kier alpha value is -2.79. The molecular formula is C16H14N4O3S. The number of aromatic amines is 1. The Kier molecular flexibility index (Phi) is 4.27. The number of hydrogen-bond donors (Lipinski definition) is 1. The number of rotatable bonds is 3. The molecule has 8 heteroatoms. The van der Waals surface area contributed by atoms with Gasteiger partial charge in [0.15, 0.2) is 11.8 Å². The van der Waals surface area contributed by atoms with E-state index in [-0.39, 0.29) is 18.1 Å². The molecule has 122 valence electrons. The average Bonchev–Trinajstić information content (AvgIpc) is 2.60. The number of amides is 1. The van der Waals surface area contributed by atoms with E-state index in [0.717, 1.165) is 0 Å². The Balaban J connectivity index is 2.20. The van der Waals surface area contributed by atoms with Gasteiger partial charge in [-0.3, -0.25) is 9.59 Å². The molecule has 0 unspecified atom stereocenters. The van der Waals surface area contributed by atoms with Gasteiger partial charge in [-0.05, 0) is 31.4 Å². The summed E-state index contributed by atoms with van der Waals surface area (Å²) in [6.07, 6.45) is 1.78. The Morgan fingerprint density at radius 2 is 2.25 bits per heavy atom. The van der Waals surface area contributed by atoms with Crippen LogP contribution < -0.4 is 15.2 Å². The molecule has 3 rings (SSSR count). The van der Waals surface area contributed by atoms with E-state index >= 15 is 0 Å². The molecule has 2 aromatic rings. The molecule has 0 spiro atoms. The van der Waals surface area contributed by atoms with Crippen molar-refractivity contribution in [1.82, 2.24) is 9.97 Å². The summed E-state index contributed by atoms with van der Waals surface area (Å²) >= 11 is 1.28. The predicted octanol–water partition coefficient (Wildman–Crippen LogP) is 1.78. The number of fused-ring (bicyclic) bond motifs is 1. The maximum absolute atomic E-state index is 12.1. The molecule has 0 atom stereocenters. The molecule has 1 aliphatic rings. The highest BCUT2D eigenvalue weighted by Crippen LogP contribution is 2.36. The van der Waals surface area contributed by atoms with E-state index in [9.17, 15) is 14.9 Å². The highest BCUT2D eigenvalue weighted by atomic mass is 32.2. The van der Waals surface area contributed by atoms with E-state index in [0.29, 0.717) is 34.4 Å². The fourth-order valence-corrected chi connectivity index (χ4v) is 2.94. The van der Waals surface area contributed by atoms with Crippen molar-refractivity contribution in [3.05, 3.63) is 34.1 Å². The van der Waals surface area contributed by atoms with Crippen LogP contribution in [0.3, 0.4) is 0 Å². The van der Waals surface area contributed by atoms with E-state index in [1.54, 1.807) is 29.4 Å². The lowest BCUT2D eigenvalue weighted by atomic mass is 10.1. The van der Waals surface area contributed by atoms with Crippen LogP contribution in [0.5, 0.6) is 5.75 Å². The molecule has 0 saturated heterocycles. The van der Waals surface area contributed by atoms with E-state index in [4.69, 9.17) is 4.74 Å². The van der Waals surface area contributed by atoms with Crippen LogP contribution in [0.1, 0.15) is 12.5 Å². The van der Waals surface area contributed by atoms with Gasteiger partial charge in [0.25, 0.3) is 11.5 Å². The number of anilines is 1. The standard InChI is InChI=1S/C16H14N4O3S/c1-3-20-11-6-9(4-5-12(11)23-8-13(20)21)14-10(7-17)15(22)19-16(18-14)24-2/h4-6H,3,8H2,1-2H3,(H,18,19,22). The van der Waals surface area contributed by atoms with Crippen molar-refractivity contribution in [2.45, 2.75) is 12.1 Å². The molecule has 7 nitrogen and oxygen atoms in total. The third-order valence-corrected chi connectivity index (χ3v) is 4.27. The maximum Gasteiger partial charge on any atom is 0.270 e. The van der Waals surface area contributed by atoms with Gasteiger partial charge in [0.1, 0.15) is 17.4 Å². The van der Waals surface area contributed by atoms with Gasteiger partial charge in [-0.1, -0.05) is 11.8 Å². The molecule has 0 aliphatic carbocycles. The minimum absolute atomic E-state index is 0.00348. The third-order valence-electron chi connectivity index (χ3n) is 3.69. The van der Waals surface area contributed by atoms with Crippen LogP contribution in [-0.2, 0) is 4.79 Å². The number of nitrogens with zero attached hydrogens (tertiary/aromatic N) is 3. The van der Waals surface area contributed by atoms with Crippen LogP contribution >= 0.6 is 11.8 Å². The largest absolute Gasteiger partial charge is 0.482 e. The van der Waals surface area contributed by atoms with Gasteiger partial charge in [0, 0.05) is 12.1 Å². The summed E-state index contributed by atoms with van der Waals surface area (Å²) in [6, 6.07) is 7.08. The number of carbonyl (C=O) groups excluding carboxylic acids is 1. The highest BCUT2D eigenvalue weighted by molar-refractivity contribution is 7.98. The van der Waals surface area contributed by atoms with E-state index in [2.05, 4.69) is 9.97 Å². The van der Waals surface area contributed by atoms with E-state index in [1.165, 1.54) is 11.8 Å². The summed E-state index contributed by atoms with van der Waals surface area (Å²) in [7, 11) is 0. The second-order valence-electron chi connectivity index (χ2n) is 5.02. The van der Waals surface area contributed by atoms with Crippen molar-refractivity contribution in [1.29, 1.82) is 5.26 Å². The predicted molar refractivity (Wildman–Crippen MR) is 90.3 cm³/mol. The van der Waals surface area contributed by atoms with Crippen LogP contribution in [0.2, 0.25) is 0 Å². The first kappa shape index (κ1) is 16.1. The first-order valence-corrected chi connectivity index (χ1v) is 8.47. The molecule has 0 fully saturated rings. The Labute approximate surface area is 142 Å². The Morgan fingerprint density at radius 3 is 2.92 bits per heavy atom. The molecule has 24 heavy (non-hydrogen) atoms. The lowest BCUT2D eigenvalue weighted by Gasteiger charge is -2.28. The summed E-state index contributed by atoms with van der Waals surface area (Å²) in [5.41, 5.74) is 0.956. The zero-order valence-corrected chi connectivity index (χ0v) is 13.9. The average molecular weight is 342 g/mol. The van der Waals surface area contributed by atoms with Crippen molar-refractivity contribution in [3.63, 3.8) is 0 Å². The van der Waals surface area contributed by atoms with Gasteiger partial charge < -0.3 is 14.6 Å². The van der Waals surface area contributed by atoms with Gasteiger partial charge in [-0.2, -0.15) is 5.26 Å². The number of H-pyrrole nitrogens is 1. The van der Waals surface area contributed by atoms with Crippen molar-refractivity contribution in [3.8, 4) is 23.1 Å². The van der Waals surface area contributed by atoms with Gasteiger partial charge >= 0.3 is 0 Å². The van der Waals surface area contributed by atoms with Crippen LogP contribution in [-0.4, -0.2) is 35.3 Å². The fraction of sp³-hybridized carbons (Fsp3) is 0.250. The van der Waals surface area contributed by atoms with Crippen molar-refractivity contribution in [2.24, 2.45) is 0 Å². The molecule has 1 aliphatic heterocycles. The number of thioether (sulfide) groups is 1. The molecule has 0 bridgehead atoms. The van der Waals surface area contributed by atoms with Crippen molar-refractivity contribution < 1.29 is 9.53 Å². The molecule has 0 radical (unpaired) electrons. The highest BCUT2D eigenvalue weighted by Gasteiger charge is 2.25. The lowest BCUT2D eigenvalue weighted by molar-refractivity contribution is -0.121. The van der Waals surface area contributed by atoms with Gasteiger partial charge in [0.2, 0.25) is 0 Å². The topological polar surface area (TPSA) is 99.1 Å². The van der Waals surface area contributed by atoms with Crippen molar-refractivity contribution in [2.75, 3.05) is 24.3 Å². The normalized spacial score (nSPS) is 13.2. The second-order valence-corrected chi connectivity index (χ2v) is 5.81. The monoisotopic (exact) mass is 342 g/mol. The molecule has 1 aromatic heterocycles. The van der Waals surface area contributed by atoms with Gasteiger partial charge in [-0.25, -0.2) is 4.98 Å². The zero-order valence-electron chi connectivity index (χ0n) is 13.1. The minimum Gasteiger partial charge on any atom is -0.482 e. The lowest BCUT2D eigenvalue weighted by Crippen LogP contribution is -2.38. The number of hydrogen-bond acceptors (Lipinski definition) is 6. The third kappa shape index (κ3) is 2.63. The summed E-state index contributed by atoms with van der Waals surface area (Å²) < 4.78 is 5.44. The number of ether oxygens (including phenoxy) is 1. The Morgan fingerprint density at radius 1 is 1.46 bits per heavy atom. The number of likely N-dealkylation sites (N-methyl/N-ethyl adjacent to an activating group) is 1. The summed E-state index contributed by atoms with van der Waals surface area (Å²) in [6.45, 7) is 2.38. The van der Waals surface area contributed by atoms with E-state index < -0.39 is 5.56 Å². The van der Waals surface area contributed by atoms with Gasteiger partial charge in [0.05, 0.1) is 11.4 Å². The minimum atomic E-state index is -0.482. The first-order valence-electron chi connectivity index (χ1n) is 7.25. The van der Waals surface area contributed by atoms with E-state index in [1.807, 2.05) is 13.0 Å². The summed E-state index contributed by atoms with van der Waals surface area (Å²) in [5.74, 6) is 0.458. The second kappa shape index (κ2) is 6.37. The molecule has 2 heterocycles. The quantitative estimate of drug-likeness (QED) is 0.674. The van der Waals surface area contributed by atoms with Gasteiger partial charge in [-0.15, -0.1) is 0 Å². The summed E-state index contributed by atoms with van der Waals surface area (Å²) in [4.78, 5) is 32.6. The number of benzene rings is 1. The van der Waals surface area contributed by atoms with Crippen LogP contribution in [0.4, 0.5) is 5.69 Å². The van der Waals surface area contributed by atoms with Crippen LogP contribution in [0.15, 0.2) is 28.2 Å². The van der Waals surface area contributed by atoms with Crippen LogP contribution in [0.25, 0.3) is 11.3 Å². The fourth-order valence-electron chi connectivity index (χ4n) is 2.56.